The molecule has 0 amide bonds. The first kappa shape index (κ1) is 19.6. The lowest BCUT2D eigenvalue weighted by molar-refractivity contribution is 0.0855. The van der Waals surface area contributed by atoms with Gasteiger partial charge >= 0.3 is 0 Å². The van der Waals surface area contributed by atoms with Crippen LogP contribution in [0, 0.1) is 5.92 Å². The van der Waals surface area contributed by atoms with Gasteiger partial charge in [-0.2, -0.15) is 5.10 Å². The molecule has 1 aliphatic carbocycles. The second-order valence-corrected chi connectivity index (χ2v) is 8.24. The van der Waals surface area contributed by atoms with Crippen LogP contribution in [-0.4, -0.2) is 64.9 Å². The highest BCUT2D eigenvalue weighted by Crippen LogP contribution is 2.28. The highest BCUT2D eigenvalue weighted by molar-refractivity contribution is 5.64. The molecule has 2 aliphatic heterocycles. The zero-order chi connectivity index (χ0) is 21.2. The molecular weight excluding hydrogens is 394 g/mol. The highest BCUT2D eigenvalue weighted by atomic mass is 16.5. The van der Waals surface area contributed by atoms with Crippen molar-refractivity contribution in [2.24, 2.45) is 18.0 Å². The van der Waals surface area contributed by atoms with Gasteiger partial charge in [0.25, 0.3) is 0 Å². The Morgan fingerprint density at radius 3 is 2.84 bits per heavy atom. The fraction of sp³-hybridized carbons (Fsp3) is 0.409. The van der Waals surface area contributed by atoms with E-state index in [0.717, 1.165) is 42.7 Å². The summed E-state index contributed by atoms with van der Waals surface area (Å²) >= 11 is 0. The van der Waals surface area contributed by atoms with Gasteiger partial charge in [0.05, 0.1) is 25.2 Å². The SMILES string of the molecule is CN1CC(COc2ccc(OC3C=CC4N=CNC(Nc5ccn(C)n5)=C4C3)nc2)C1. The van der Waals surface area contributed by atoms with Crippen LogP contribution in [-0.2, 0) is 7.05 Å². The number of anilines is 1. The molecule has 0 spiro atoms. The van der Waals surface area contributed by atoms with Crippen molar-refractivity contribution in [3.63, 3.8) is 0 Å². The van der Waals surface area contributed by atoms with Crippen molar-refractivity contribution in [3.8, 4) is 11.6 Å². The van der Waals surface area contributed by atoms with E-state index in [4.69, 9.17) is 9.47 Å². The summed E-state index contributed by atoms with van der Waals surface area (Å²) in [5.74, 6) is 3.64. The quantitative estimate of drug-likeness (QED) is 0.659. The normalized spacial score (nSPS) is 23.2. The molecule has 0 saturated carbocycles. The molecule has 2 aromatic rings. The first-order valence-corrected chi connectivity index (χ1v) is 10.5. The highest BCUT2D eigenvalue weighted by Gasteiger charge is 2.27. The molecule has 2 unspecified atom stereocenters. The first-order chi connectivity index (χ1) is 15.1. The Balaban J connectivity index is 1.21. The van der Waals surface area contributed by atoms with Crippen molar-refractivity contribution < 1.29 is 9.47 Å². The summed E-state index contributed by atoms with van der Waals surface area (Å²) in [6.45, 7) is 2.91. The number of aromatic nitrogens is 3. The van der Waals surface area contributed by atoms with Gasteiger partial charge in [0, 0.05) is 56.4 Å². The molecule has 9 nitrogen and oxygen atoms in total. The van der Waals surface area contributed by atoms with Crippen LogP contribution in [0.1, 0.15) is 6.42 Å². The third-order valence-electron chi connectivity index (χ3n) is 5.62. The number of likely N-dealkylation sites (tertiary alicyclic amines) is 1. The van der Waals surface area contributed by atoms with Gasteiger partial charge in [-0.25, -0.2) is 4.98 Å². The predicted octanol–water partition coefficient (Wildman–Crippen LogP) is 1.79. The van der Waals surface area contributed by atoms with E-state index in [1.54, 1.807) is 17.2 Å². The maximum atomic E-state index is 6.11. The minimum atomic E-state index is -0.119. The van der Waals surface area contributed by atoms with Gasteiger partial charge < -0.3 is 25.0 Å². The summed E-state index contributed by atoms with van der Waals surface area (Å²) in [6.07, 6.45) is 10.0. The Morgan fingerprint density at radius 2 is 2.10 bits per heavy atom. The molecule has 5 rings (SSSR count). The molecule has 4 heterocycles. The number of hydrogen-bond acceptors (Lipinski definition) is 8. The monoisotopic (exact) mass is 421 g/mol. The van der Waals surface area contributed by atoms with Gasteiger partial charge in [0.2, 0.25) is 5.88 Å². The Kier molecular flexibility index (Phi) is 5.33. The third-order valence-corrected chi connectivity index (χ3v) is 5.62. The van der Waals surface area contributed by atoms with E-state index in [0.29, 0.717) is 18.2 Å². The van der Waals surface area contributed by atoms with Crippen molar-refractivity contribution >= 4 is 12.2 Å². The number of aliphatic imine (C=N–C) groups is 1. The van der Waals surface area contributed by atoms with Crippen molar-refractivity contribution in [2.45, 2.75) is 18.6 Å². The summed E-state index contributed by atoms with van der Waals surface area (Å²) in [7, 11) is 4.01. The zero-order valence-corrected chi connectivity index (χ0v) is 17.7. The Hall–Kier alpha value is -3.33. The minimum Gasteiger partial charge on any atom is -0.492 e. The molecule has 3 aliphatic rings. The predicted molar refractivity (Wildman–Crippen MR) is 118 cm³/mol. The molecular formula is C22H27N7O2. The van der Waals surface area contributed by atoms with Crippen molar-refractivity contribution in [1.82, 2.24) is 25.0 Å². The largest absolute Gasteiger partial charge is 0.492 e. The van der Waals surface area contributed by atoms with Crippen LogP contribution in [0.15, 0.2) is 59.1 Å². The topological polar surface area (TPSA) is 88.8 Å². The van der Waals surface area contributed by atoms with E-state index < -0.39 is 0 Å². The summed E-state index contributed by atoms with van der Waals surface area (Å²) in [5, 5.41) is 10.9. The molecule has 162 valence electrons. The summed E-state index contributed by atoms with van der Waals surface area (Å²) < 4.78 is 13.7. The van der Waals surface area contributed by atoms with Crippen molar-refractivity contribution in [3.05, 3.63) is 54.1 Å². The molecule has 9 heteroatoms. The number of rotatable bonds is 7. The lowest BCUT2D eigenvalue weighted by Gasteiger charge is -2.35. The van der Waals surface area contributed by atoms with Crippen LogP contribution in [0.5, 0.6) is 11.6 Å². The van der Waals surface area contributed by atoms with Crippen LogP contribution in [0.4, 0.5) is 5.82 Å². The van der Waals surface area contributed by atoms with E-state index in [1.165, 1.54) is 0 Å². The fourth-order valence-electron chi connectivity index (χ4n) is 4.05. The van der Waals surface area contributed by atoms with Crippen LogP contribution >= 0.6 is 0 Å². The molecule has 1 fully saturated rings. The summed E-state index contributed by atoms with van der Waals surface area (Å²) in [5.41, 5.74) is 1.13. The van der Waals surface area contributed by atoms with Gasteiger partial charge in [-0.05, 0) is 19.2 Å². The second kappa shape index (κ2) is 8.43. The van der Waals surface area contributed by atoms with Crippen LogP contribution < -0.4 is 20.1 Å². The number of hydrogen-bond donors (Lipinski definition) is 2. The molecule has 0 bridgehead atoms. The lowest BCUT2D eigenvalue weighted by atomic mass is 9.93. The van der Waals surface area contributed by atoms with Gasteiger partial charge in [-0.15, -0.1) is 0 Å². The maximum absolute atomic E-state index is 6.11. The van der Waals surface area contributed by atoms with E-state index in [1.807, 2.05) is 37.5 Å². The molecule has 2 N–H and O–H groups in total. The maximum Gasteiger partial charge on any atom is 0.214 e. The lowest BCUT2D eigenvalue weighted by Crippen LogP contribution is -2.46. The number of fused-ring (bicyclic) bond motifs is 1. The third kappa shape index (κ3) is 4.56. The number of aryl methyl sites for hydroxylation is 1. The summed E-state index contributed by atoms with van der Waals surface area (Å²) in [6, 6.07) is 5.71. The van der Waals surface area contributed by atoms with Gasteiger partial charge in [-0.3, -0.25) is 9.67 Å². The zero-order valence-electron chi connectivity index (χ0n) is 17.7. The number of pyridine rings is 1. The Morgan fingerprint density at radius 1 is 1.19 bits per heavy atom. The van der Waals surface area contributed by atoms with E-state index >= 15 is 0 Å². The van der Waals surface area contributed by atoms with Crippen LogP contribution in [0.2, 0.25) is 0 Å². The average molecular weight is 422 g/mol. The molecule has 0 aromatic carbocycles. The average Bonchev–Trinajstić information content (AvgIpc) is 3.16. The number of nitrogens with one attached hydrogen (secondary N) is 2. The fourth-order valence-corrected chi connectivity index (χ4v) is 4.05. The van der Waals surface area contributed by atoms with Gasteiger partial charge in [0.15, 0.2) is 5.82 Å². The molecule has 31 heavy (non-hydrogen) atoms. The summed E-state index contributed by atoms with van der Waals surface area (Å²) in [4.78, 5) is 11.2. The van der Waals surface area contributed by atoms with E-state index in [-0.39, 0.29) is 12.1 Å². The van der Waals surface area contributed by atoms with E-state index in [9.17, 15) is 0 Å². The Bertz CT molecular complexity index is 1010. The molecule has 0 radical (unpaired) electrons. The minimum absolute atomic E-state index is 0.00148. The van der Waals surface area contributed by atoms with E-state index in [2.05, 4.69) is 43.7 Å². The second-order valence-electron chi connectivity index (χ2n) is 8.24. The van der Waals surface area contributed by atoms with Gasteiger partial charge in [-0.1, -0.05) is 6.08 Å². The van der Waals surface area contributed by atoms with Crippen LogP contribution in [0.25, 0.3) is 0 Å². The molecule has 2 aromatic heterocycles. The Labute approximate surface area is 181 Å². The smallest absolute Gasteiger partial charge is 0.214 e. The van der Waals surface area contributed by atoms with Gasteiger partial charge in [0.1, 0.15) is 17.7 Å². The number of ether oxygens (including phenoxy) is 2. The first-order valence-electron chi connectivity index (χ1n) is 10.5. The van der Waals surface area contributed by atoms with Crippen molar-refractivity contribution in [2.75, 3.05) is 32.1 Å². The standard InChI is InChI=1S/C22H27N7O2/c1-28-11-15(12-28)13-30-17-4-6-21(23-10-17)31-16-3-5-19-18(9-16)22(25-14-24-19)26-20-7-8-29(2)27-20/h3-8,10,14-16,19H,9,11-13H2,1-2H3,(H,24,25)(H,26,27). The van der Waals surface area contributed by atoms with Crippen LogP contribution in [0.3, 0.4) is 0 Å². The molecule has 1 saturated heterocycles. The molecule has 2 atom stereocenters. The van der Waals surface area contributed by atoms with Crippen molar-refractivity contribution in [1.29, 1.82) is 0 Å². The number of nitrogens with zero attached hydrogens (tertiary/aromatic N) is 5.